The van der Waals surface area contributed by atoms with E-state index in [9.17, 15) is 13.2 Å². The maximum absolute atomic E-state index is 12.3. The molecule has 0 unspecified atom stereocenters. The van der Waals surface area contributed by atoms with Gasteiger partial charge in [0.25, 0.3) is 0 Å². The molecule has 8 heteroatoms. The molecule has 0 radical (unpaired) electrons. The Morgan fingerprint density at radius 1 is 1.29 bits per heavy atom. The van der Waals surface area contributed by atoms with Crippen molar-refractivity contribution in [1.29, 1.82) is 10.5 Å². The first-order valence-corrected chi connectivity index (χ1v) is 7.11. The summed E-state index contributed by atoms with van der Waals surface area (Å²) in [5, 5.41) is 25.8. The van der Waals surface area contributed by atoms with Crippen molar-refractivity contribution in [3.8, 4) is 12.1 Å². The highest BCUT2D eigenvalue weighted by atomic mass is 32.2. The normalized spacial score (nSPS) is 11.2. The molecule has 0 saturated carbocycles. The fourth-order valence-corrected chi connectivity index (χ4v) is 2.77. The van der Waals surface area contributed by atoms with Gasteiger partial charge in [-0.15, -0.1) is 0 Å². The number of rotatable bonds is 6. The van der Waals surface area contributed by atoms with Gasteiger partial charge in [-0.1, -0.05) is 12.1 Å². The number of aliphatic carboxylic acids is 1. The minimum Gasteiger partial charge on any atom is -0.478 e. The fourth-order valence-electron chi connectivity index (χ4n) is 1.48. The van der Waals surface area contributed by atoms with Gasteiger partial charge in [0.1, 0.15) is 13.1 Å². The zero-order chi connectivity index (χ0) is 15.9. The maximum Gasteiger partial charge on any atom is 0.328 e. The molecule has 0 aliphatic carbocycles. The van der Waals surface area contributed by atoms with E-state index in [1.54, 1.807) is 12.1 Å². The number of sulfonamides is 1. The minimum absolute atomic E-state index is 0.111. The van der Waals surface area contributed by atoms with Gasteiger partial charge in [0, 0.05) is 6.08 Å². The standard InChI is InChI=1S/C13H11N3O4S/c14-6-8-16(9-7-15)21(19,20)12-3-1-2-11(10-12)4-5-13(17)18/h1-5,10H,8-9H2,(H,17,18). The van der Waals surface area contributed by atoms with Gasteiger partial charge in [0.05, 0.1) is 17.0 Å². The molecule has 0 fully saturated rings. The van der Waals surface area contributed by atoms with Gasteiger partial charge in [-0.3, -0.25) is 0 Å². The summed E-state index contributed by atoms with van der Waals surface area (Å²) in [6, 6.07) is 8.95. The summed E-state index contributed by atoms with van der Waals surface area (Å²) in [5.74, 6) is -1.15. The predicted molar refractivity (Wildman–Crippen MR) is 73.1 cm³/mol. The smallest absolute Gasteiger partial charge is 0.328 e. The van der Waals surface area contributed by atoms with E-state index in [0.29, 0.717) is 5.56 Å². The molecule has 1 aromatic rings. The second-order valence-corrected chi connectivity index (χ2v) is 5.77. The molecule has 0 aromatic heterocycles. The van der Waals surface area contributed by atoms with Crippen LogP contribution >= 0.6 is 0 Å². The Morgan fingerprint density at radius 3 is 2.43 bits per heavy atom. The van der Waals surface area contributed by atoms with Crippen molar-refractivity contribution in [2.45, 2.75) is 4.90 Å². The van der Waals surface area contributed by atoms with Crippen molar-refractivity contribution in [2.75, 3.05) is 13.1 Å². The average Bonchev–Trinajstić information content (AvgIpc) is 2.45. The highest BCUT2D eigenvalue weighted by Gasteiger charge is 2.24. The third-order valence-corrected chi connectivity index (χ3v) is 4.20. The van der Waals surface area contributed by atoms with Crippen molar-refractivity contribution in [1.82, 2.24) is 4.31 Å². The van der Waals surface area contributed by atoms with Crippen LogP contribution in [0.3, 0.4) is 0 Å². The second-order valence-electron chi connectivity index (χ2n) is 3.83. The quantitative estimate of drug-likeness (QED) is 0.613. The highest BCUT2D eigenvalue weighted by molar-refractivity contribution is 7.89. The Balaban J connectivity index is 3.20. The van der Waals surface area contributed by atoms with Crippen LogP contribution in [0.4, 0.5) is 0 Å². The third-order valence-electron chi connectivity index (χ3n) is 2.41. The Morgan fingerprint density at radius 2 is 1.90 bits per heavy atom. The summed E-state index contributed by atoms with van der Waals surface area (Å²) in [4.78, 5) is 10.3. The molecule has 0 saturated heterocycles. The SMILES string of the molecule is N#CCN(CC#N)S(=O)(=O)c1cccc(C=CC(=O)O)c1. The molecule has 0 amide bonds. The predicted octanol–water partition coefficient (Wildman–Crippen LogP) is 0.822. The van der Waals surface area contributed by atoms with Gasteiger partial charge < -0.3 is 5.11 Å². The largest absolute Gasteiger partial charge is 0.478 e. The van der Waals surface area contributed by atoms with Crippen LogP contribution in [-0.2, 0) is 14.8 Å². The van der Waals surface area contributed by atoms with Crippen molar-refractivity contribution in [3.05, 3.63) is 35.9 Å². The summed E-state index contributed by atoms with van der Waals surface area (Å²) >= 11 is 0. The van der Waals surface area contributed by atoms with Gasteiger partial charge in [-0.05, 0) is 23.8 Å². The lowest BCUT2D eigenvalue weighted by molar-refractivity contribution is -0.131. The van der Waals surface area contributed by atoms with E-state index >= 15 is 0 Å². The average molecular weight is 305 g/mol. The van der Waals surface area contributed by atoms with Crippen molar-refractivity contribution in [3.63, 3.8) is 0 Å². The molecule has 1 rings (SSSR count). The van der Waals surface area contributed by atoms with Crippen molar-refractivity contribution < 1.29 is 18.3 Å². The molecule has 0 heterocycles. The molecule has 0 spiro atoms. The molecular weight excluding hydrogens is 294 g/mol. The first kappa shape index (κ1) is 16.4. The van der Waals surface area contributed by atoms with Gasteiger partial charge in [0.2, 0.25) is 10.0 Å². The minimum atomic E-state index is -3.98. The summed E-state index contributed by atoms with van der Waals surface area (Å²) in [6.45, 7) is -0.879. The van der Waals surface area contributed by atoms with E-state index in [1.807, 2.05) is 0 Å². The molecule has 21 heavy (non-hydrogen) atoms. The molecule has 7 nitrogen and oxygen atoms in total. The highest BCUT2D eigenvalue weighted by Crippen LogP contribution is 2.17. The van der Waals surface area contributed by atoms with Gasteiger partial charge in [0.15, 0.2) is 0 Å². The van der Waals surface area contributed by atoms with E-state index in [1.165, 1.54) is 30.3 Å². The maximum atomic E-state index is 12.3. The molecule has 0 aliphatic rings. The number of nitrogens with zero attached hydrogens (tertiary/aromatic N) is 3. The first-order valence-electron chi connectivity index (χ1n) is 5.67. The molecule has 1 N–H and O–H groups in total. The molecule has 0 aliphatic heterocycles. The number of carboxylic acids is 1. The van der Waals surface area contributed by atoms with Crippen LogP contribution in [0.2, 0.25) is 0 Å². The van der Waals surface area contributed by atoms with E-state index in [4.69, 9.17) is 15.6 Å². The number of carbonyl (C=O) groups is 1. The topological polar surface area (TPSA) is 122 Å². The van der Waals surface area contributed by atoms with Gasteiger partial charge >= 0.3 is 5.97 Å². The summed E-state index contributed by atoms with van der Waals surface area (Å²) in [6.07, 6.45) is 2.13. The van der Waals surface area contributed by atoms with Crippen LogP contribution in [0.1, 0.15) is 5.56 Å². The van der Waals surface area contributed by atoms with Crippen LogP contribution in [0.5, 0.6) is 0 Å². The van der Waals surface area contributed by atoms with E-state index < -0.39 is 29.1 Å². The molecule has 0 bridgehead atoms. The molecule has 0 atom stereocenters. The van der Waals surface area contributed by atoms with Crippen LogP contribution in [0.25, 0.3) is 6.08 Å². The van der Waals surface area contributed by atoms with Gasteiger partial charge in [-0.25, -0.2) is 13.2 Å². The summed E-state index contributed by atoms with van der Waals surface area (Å²) in [7, 11) is -3.98. The zero-order valence-electron chi connectivity index (χ0n) is 10.8. The summed E-state index contributed by atoms with van der Waals surface area (Å²) in [5.41, 5.74) is 0.382. The van der Waals surface area contributed by atoms with Crippen LogP contribution in [-0.4, -0.2) is 36.9 Å². The Kier molecular flexibility index (Phi) is 5.61. The Hall–Kier alpha value is -2.68. The second kappa shape index (κ2) is 7.20. The Labute approximate surface area is 122 Å². The molecular formula is C13H11N3O4S. The van der Waals surface area contributed by atoms with Crippen molar-refractivity contribution >= 4 is 22.1 Å². The fraction of sp³-hybridized carbons (Fsp3) is 0.154. The van der Waals surface area contributed by atoms with E-state index in [-0.39, 0.29) is 4.90 Å². The van der Waals surface area contributed by atoms with Crippen LogP contribution in [0, 0.1) is 22.7 Å². The molecule has 108 valence electrons. The van der Waals surface area contributed by atoms with Gasteiger partial charge in [-0.2, -0.15) is 14.8 Å². The molecule has 1 aromatic carbocycles. The summed E-state index contributed by atoms with van der Waals surface area (Å²) < 4.78 is 25.3. The zero-order valence-corrected chi connectivity index (χ0v) is 11.6. The first-order chi connectivity index (χ1) is 9.91. The lowest BCUT2D eigenvalue weighted by atomic mass is 10.2. The monoisotopic (exact) mass is 305 g/mol. The third kappa shape index (κ3) is 4.42. The number of hydrogen-bond acceptors (Lipinski definition) is 5. The number of carboxylic acid groups (broad SMARTS) is 1. The van der Waals surface area contributed by atoms with Crippen LogP contribution in [0.15, 0.2) is 35.2 Å². The number of hydrogen-bond donors (Lipinski definition) is 1. The lowest BCUT2D eigenvalue weighted by Crippen LogP contribution is -2.31. The number of benzene rings is 1. The van der Waals surface area contributed by atoms with E-state index in [2.05, 4.69) is 0 Å². The number of nitriles is 2. The Bertz CT molecular complexity index is 725. The van der Waals surface area contributed by atoms with E-state index in [0.717, 1.165) is 10.4 Å². The van der Waals surface area contributed by atoms with Crippen molar-refractivity contribution in [2.24, 2.45) is 0 Å². The van der Waals surface area contributed by atoms with Crippen LogP contribution < -0.4 is 0 Å². The lowest BCUT2D eigenvalue weighted by Gasteiger charge is -2.16.